The number of halogens is 1. The summed E-state index contributed by atoms with van der Waals surface area (Å²) in [7, 11) is 0. The van der Waals surface area contributed by atoms with Crippen LogP contribution in [0.1, 0.15) is 49.9 Å². The number of ketones is 1. The number of benzene rings is 2. The molecule has 2 aromatic rings. The fourth-order valence-electron chi connectivity index (χ4n) is 4.22. The fraction of sp³-hybridized carbons (Fsp3) is 0.407. The maximum absolute atomic E-state index is 13.6. The summed E-state index contributed by atoms with van der Waals surface area (Å²) in [6.07, 6.45) is 0.871. The number of ether oxygens (including phenoxy) is 1. The van der Waals surface area contributed by atoms with E-state index in [4.69, 9.17) is 4.74 Å². The van der Waals surface area contributed by atoms with Crippen LogP contribution in [0.3, 0.4) is 0 Å². The molecule has 7 heteroatoms. The molecule has 6 nitrogen and oxygen atoms in total. The van der Waals surface area contributed by atoms with Crippen molar-refractivity contribution in [3.63, 3.8) is 0 Å². The summed E-state index contributed by atoms with van der Waals surface area (Å²) < 4.78 is 19.3. The van der Waals surface area contributed by atoms with Crippen molar-refractivity contribution in [2.24, 2.45) is 0 Å². The minimum atomic E-state index is -0.799. The van der Waals surface area contributed by atoms with E-state index in [-0.39, 0.29) is 11.3 Å². The molecule has 1 aliphatic heterocycles. The van der Waals surface area contributed by atoms with E-state index in [1.54, 1.807) is 30.3 Å². The quantitative estimate of drug-likeness (QED) is 0.311. The molecular weight excluding hydrogens is 435 g/mol. The van der Waals surface area contributed by atoms with E-state index in [0.717, 1.165) is 25.1 Å². The van der Waals surface area contributed by atoms with Gasteiger partial charge in [-0.15, -0.1) is 0 Å². The van der Waals surface area contributed by atoms with E-state index in [2.05, 4.69) is 4.90 Å². The maximum Gasteiger partial charge on any atom is 0.295 e. The number of hydrogen-bond donors (Lipinski definition) is 1. The second-order valence-corrected chi connectivity index (χ2v) is 8.40. The maximum atomic E-state index is 13.6. The molecule has 1 unspecified atom stereocenters. The van der Waals surface area contributed by atoms with Crippen LogP contribution in [0.2, 0.25) is 0 Å². The number of hydrogen-bond acceptors (Lipinski definition) is 5. The van der Waals surface area contributed by atoms with Crippen LogP contribution in [-0.4, -0.2) is 59.4 Å². The number of carbonyl (C=O) groups is 2. The second kappa shape index (κ2) is 11.3. The number of carbonyl (C=O) groups excluding carboxylic acids is 2. The van der Waals surface area contributed by atoms with Gasteiger partial charge in [-0.1, -0.05) is 32.9 Å². The third-order valence-electron chi connectivity index (χ3n) is 6.19. The van der Waals surface area contributed by atoms with E-state index in [1.807, 2.05) is 27.7 Å². The predicted octanol–water partition coefficient (Wildman–Crippen LogP) is 4.69. The molecule has 1 amide bonds. The van der Waals surface area contributed by atoms with Crippen molar-refractivity contribution in [1.29, 1.82) is 0 Å². The Hall–Kier alpha value is -3.19. The zero-order valence-electron chi connectivity index (χ0n) is 20.3. The number of likely N-dealkylation sites (N-methyl/N-ethyl adjacent to an activating group) is 1. The molecule has 2 aromatic carbocycles. The molecule has 0 aliphatic carbocycles. The SMILES string of the molecule is CCCOc1ccc(/C(O)=C2/C(=O)C(=O)N(CCN(CC)CC)C2c2ccc(F)cc2)cc1C. The highest BCUT2D eigenvalue weighted by Gasteiger charge is 2.46. The van der Waals surface area contributed by atoms with Crippen molar-refractivity contribution in [1.82, 2.24) is 9.80 Å². The lowest BCUT2D eigenvalue weighted by molar-refractivity contribution is -0.140. The molecule has 1 saturated heterocycles. The first-order valence-corrected chi connectivity index (χ1v) is 11.8. The van der Waals surface area contributed by atoms with Gasteiger partial charge in [0.05, 0.1) is 18.2 Å². The second-order valence-electron chi connectivity index (χ2n) is 8.40. The minimum Gasteiger partial charge on any atom is -0.507 e. The molecule has 1 fully saturated rings. The van der Waals surface area contributed by atoms with Crippen LogP contribution in [-0.2, 0) is 9.59 Å². The number of aryl methyl sites for hydroxylation is 1. The molecule has 3 rings (SSSR count). The Balaban J connectivity index is 2.06. The third-order valence-corrected chi connectivity index (χ3v) is 6.19. The molecule has 0 saturated carbocycles. The molecule has 1 aliphatic rings. The number of nitrogens with zero attached hydrogens (tertiary/aromatic N) is 2. The van der Waals surface area contributed by atoms with Crippen LogP contribution < -0.4 is 4.74 Å². The summed E-state index contributed by atoms with van der Waals surface area (Å²) in [4.78, 5) is 29.8. The van der Waals surface area contributed by atoms with Crippen molar-refractivity contribution >= 4 is 17.4 Å². The Labute approximate surface area is 200 Å². The number of aliphatic hydroxyl groups excluding tert-OH is 1. The van der Waals surface area contributed by atoms with Crippen LogP contribution in [0.4, 0.5) is 4.39 Å². The molecule has 1 N–H and O–H groups in total. The molecule has 0 radical (unpaired) electrons. The first kappa shape index (κ1) is 25.4. The topological polar surface area (TPSA) is 70.1 Å². The lowest BCUT2D eigenvalue weighted by atomic mass is 9.94. The monoisotopic (exact) mass is 468 g/mol. The average Bonchev–Trinajstić information content (AvgIpc) is 3.09. The lowest BCUT2D eigenvalue weighted by Gasteiger charge is -2.28. The molecular formula is C27H33FN2O4. The number of aliphatic hydroxyl groups is 1. The van der Waals surface area contributed by atoms with Crippen LogP contribution >= 0.6 is 0 Å². The van der Waals surface area contributed by atoms with Gasteiger partial charge in [0, 0.05) is 18.7 Å². The Morgan fingerprint density at radius 3 is 2.35 bits per heavy atom. The minimum absolute atomic E-state index is 0.0118. The Bertz CT molecular complexity index is 1060. The average molecular weight is 469 g/mol. The Kier molecular flexibility index (Phi) is 8.45. The zero-order chi connectivity index (χ0) is 24.8. The summed E-state index contributed by atoms with van der Waals surface area (Å²) in [6.45, 7) is 11.0. The molecule has 182 valence electrons. The molecule has 1 atom stereocenters. The smallest absolute Gasteiger partial charge is 0.295 e. The highest BCUT2D eigenvalue weighted by molar-refractivity contribution is 6.46. The largest absolute Gasteiger partial charge is 0.507 e. The van der Waals surface area contributed by atoms with Gasteiger partial charge in [0.1, 0.15) is 17.3 Å². The predicted molar refractivity (Wildman–Crippen MR) is 130 cm³/mol. The van der Waals surface area contributed by atoms with Gasteiger partial charge in [0.2, 0.25) is 0 Å². The van der Waals surface area contributed by atoms with Crippen molar-refractivity contribution in [3.05, 3.63) is 70.5 Å². The molecule has 34 heavy (non-hydrogen) atoms. The van der Waals surface area contributed by atoms with Gasteiger partial charge in [-0.25, -0.2) is 4.39 Å². The molecule has 0 bridgehead atoms. The summed E-state index contributed by atoms with van der Waals surface area (Å²) in [5.74, 6) is -1.36. The number of Topliss-reactive ketones (excluding diaryl/α,β-unsaturated/α-hetero) is 1. The van der Waals surface area contributed by atoms with Gasteiger partial charge in [-0.2, -0.15) is 0 Å². The fourth-order valence-corrected chi connectivity index (χ4v) is 4.22. The molecule has 1 heterocycles. The first-order chi connectivity index (χ1) is 16.3. The van der Waals surface area contributed by atoms with E-state index < -0.39 is 23.5 Å². The number of amides is 1. The van der Waals surface area contributed by atoms with Gasteiger partial charge in [-0.3, -0.25) is 9.59 Å². The third kappa shape index (κ3) is 5.30. The normalized spacial score (nSPS) is 17.6. The van der Waals surface area contributed by atoms with Crippen LogP contribution in [0.5, 0.6) is 5.75 Å². The Morgan fingerprint density at radius 2 is 1.76 bits per heavy atom. The lowest BCUT2D eigenvalue weighted by Crippen LogP contribution is -2.38. The van der Waals surface area contributed by atoms with Gasteiger partial charge in [0.15, 0.2) is 0 Å². The zero-order valence-corrected chi connectivity index (χ0v) is 20.3. The first-order valence-electron chi connectivity index (χ1n) is 11.8. The van der Waals surface area contributed by atoms with Crippen LogP contribution in [0, 0.1) is 12.7 Å². The van der Waals surface area contributed by atoms with Crippen LogP contribution in [0.15, 0.2) is 48.0 Å². The molecule has 0 aromatic heterocycles. The van der Waals surface area contributed by atoms with Crippen molar-refractivity contribution < 1.29 is 23.8 Å². The van der Waals surface area contributed by atoms with Crippen LogP contribution in [0.25, 0.3) is 5.76 Å². The van der Waals surface area contributed by atoms with Gasteiger partial charge >= 0.3 is 0 Å². The van der Waals surface area contributed by atoms with E-state index in [1.165, 1.54) is 17.0 Å². The van der Waals surface area contributed by atoms with Crippen molar-refractivity contribution in [3.8, 4) is 5.75 Å². The highest BCUT2D eigenvalue weighted by atomic mass is 19.1. The number of rotatable bonds is 10. The summed E-state index contributed by atoms with van der Waals surface area (Å²) >= 11 is 0. The van der Waals surface area contributed by atoms with Gasteiger partial charge in [-0.05, 0) is 67.9 Å². The number of likely N-dealkylation sites (tertiary alicyclic amines) is 1. The van der Waals surface area contributed by atoms with Crippen molar-refractivity contribution in [2.45, 2.75) is 40.2 Å². The van der Waals surface area contributed by atoms with E-state index in [0.29, 0.717) is 36.6 Å². The standard InChI is InChI=1S/C27H33FN2O4/c1-5-16-34-22-13-10-20(17-18(22)4)25(31)23-24(19-8-11-21(28)12-9-19)30(27(33)26(23)32)15-14-29(6-2)7-3/h8-13,17,24,31H,5-7,14-16H2,1-4H3/b25-23-. The summed E-state index contributed by atoms with van der Waals surface area (Å²) in [5.41, 5.74) is 1.82. The van der Waals surface area contributed by atoms with Crippen molar-refractivity contribution in [2.75, 3.05) is 32.8 Å². The summed E-state index contributed by atoms with van der Waals surface area (Å²) in [5, 5.41) is 11.2. The van der Waals surface area contributed by atoms with E-state index >= 15 is 0 Å². The van der Waals surface area contributed by atoms with Gasteiger partial charge in [0.25, 0.3) is 11.7 Å². The van der Waals surface area contributed by atoms with Gasteiger partial charge < -0.3 is 19.6 Å². The Morgan fingerprint density at radius 1 is 1.09 bits per heavy atom. The molecule has 0 spiro atoms. The highest BCUT2D eigenvalue weighted by Crippen LogP contribution is 2.39. The summed E-state index contributed by atoms with van der Waals surface area (Å²) in [6, 6.07) is 10.1. The van der Waals surface area contributed by atoms with E-state index in [9.17, 15) is 19.1 Å².